The molecule has 0 aromatic carbocycles. The highest BCUT2D eigenvalue weighted by Crippen LogP contribution is 2.41. The number of nitrogens with zero attached hydrogens (tertiary/aromatic N) is 6. The lowest BCUT2D eigenvalue weighted by atomic mass is 9.72. The first-order valence-electron chi connectivity index (χ1n) is 9.86. The Hall–Kier alpha value is -2.77. The molecule has 0 aliphatic carbocycles. The van der Waals surface area contributed by atoms with Crippen LogP contribution in [0.2, 0.25) is 0 Å². The number of aromatic nitrogens is 4. The van der Waals surface area contributed by atoms with Gasteiger partial charge in [-0.1, -0.05) is 0 Å². The Balaban J connectivity index is 1.37. The molecule has 0 N–H and O–H groups in total. The van der Waals surface area contributed by atoms with Crippen molar-refractivity contribution >= 4 is 11.8 Å². The summed E-state index contributed by atoms with van der Waals surface area (Å²) in [5, 5.41) is 4.08. The predicted octanol–water partition coefficient (Wildman–Crippen LogP) is 1.67. The maximum absolute atomic E-state index is 12.8. The van der Waals surface area contributed by atoms with Gasteiger partial charge in [0.1, 0.15) is 18.7 Å². The number of carbonyl (C=O) groups excluding carboxylic acids is 2. The molecule has 8 heteroatoms. The van der Waals surface area contributed by atoms with E-state index in [0.29, 0.717) is 13.0 Å². The zero-order valence-electron chi connectivity index (χ0n) is 16.2. The van der Waals surface area contributed by atoms with Gasteiger partial charge in [-0.3, -0.25) is 14.6 Å². The van der Waals surface area contributed by atoms with Crippen molar-refractivity contribution in [1.29, 1.82) is 0 Å². The van der Waals surface area contributed by atoms with E-state index < -0.39 is 0 Å². The van der Waals surface area contributed by atoms with Gasteiger partial charge >= 0.3 is 0 Å². The molecule has 2 aromatic rings. The first-order chi connectivity index (χ1) is 13.6. The molecule has 4 rings (SSSR count). The molecule has 1 spiro atoms. The maximum Gasteiger partial charge on any atom is 0.247 e. The Morgan fingerprint density at radius 2 is 1.93 bits per heavy atom. The van der Waals surface area contributed by atoms with E-state index >= 15 is 0 Å². The third-order valence-electron chi connectivity index (χ3n) is 6.20. The van der Waals surface area contributed by atoms with Crippen molar-refractivity contribution in [3.05, 3.63) is 42.7 Å². The molecule has 8 nitrogen and oxygen atoms in total. The van der Waals surface area contributed by atoms with Gasteiger partial charge in [-0.05, 0) is 49.3 Å². The summed E-state index contributed by atoms with van der Waals surface area (Å²) in [6, 6.07) is 3.58. The number of hydrogen-bond acceptors (Lipinski definition) is 5. The van der Waals surface area contributed by atoms with Gasteiger partial charge in [0.2, 0.25) is 11.8 Å². The summed E-state index contributed by atoms with van der Waals surface area (Å²) in [4.78, 5) is 37.1. The van der Waals surface area contributed by atoms with Crippen molar-refractivity contribution in [3.8, 4) is 0 Å². The summed E-state index contributed by atoms with van der Waals surface area (Å²) < 4.78 is 1.60. The number of amides is 2. The highest BCUT2D eigenvalue weighted by Gasteiger charge is 2.42. The molecule has 2 aliphatic heterocycles. The molecule has 0 radical (unpaired) electrons. The number of pyridine rings is 1. The molecule has 0 bridgehead atoms. The van der Waals surface area contributed by atoms with Crippen molar-refractivity contribution in [3.63, 3.8) is 0 Å². The van der Waals surface area contributed by atoms with Crippen LogP contribution in [0.3, 0.4) is 0 Å². The minimum absolute atomic E-state index is 0.0841. The summed E-state index contributed by atoms with van der Waals surface area (Å²) in [5.74, 6) is 0.307. The molecule has 2 fully saturated rings. The smallest absolute Gasteiger partial charge is 0.247 e. The fraction of sp³-hybridized carbons (Fsp3) is 0.550. The summed E-state index contributed by atoms with van der Waals surface area (Å²) in [5.41, 5.74) is 1.23. The van der Waals surface area contributed by atoms with Crippen molar-refractivity contribution in [2.75, 3.05) is 19.6 Å². The first-order valence-corrected chi connectivity index (χ1v) is 9.86. The first kappa shape index (κ1) is 18.6. The Labute approximate surface area is 164 Å². The quantitative estimate of drug-likeness (QED) is 0.803. The molecule has 0 saturated carbocycles. The lowest BCUT2D eigenvalue weighted by Crippen LogP contribution is -2.52. The average molecular weight is 382 g/mol. The zero-order valence-corrected chi connectivity index (χ0v) is 16.2. The number of likely N-dealkylation sites (tertiary alicyclic amines) is 2. The summed E-state index contributed by atoms with van der Waals surface area (Å²) >= 11 is 0. The summed E-state index contributed by atoms with van der Waals surface area (Å²) in [7, 11) is 0. The van der Waals surface area contributed by atoms with E-state index in [9.17, 15) is 9.59 Å². The highest BCUT2D eigenvalue weighted by molar-refractivity contribution is 5.80. The Morgan fingerprint density at radius 3 is 2.61 bits per heavy atom. The minimum Gasteiger partial charge on any atom is -0.341 e. The highest BCUT2D eigenvalue weighted by atomic mass is 16.2. The molecular weight excluding hydrogens is 356 g/mol. The van der Waals surface area contributed by atoms with Crippen LogP contribution in [-0.4, -0.2) is 61.0 Å². The van der Waals surface area contributed by atoms with E-state index in [2.05, 4.69) is 15.1 Å². The lowest BCUT2D eigenvalue weighted by Gasteiger charge is -2.47. The van der Waals surface area contributed by atoms with Crippen LogP contribution in [0.1, 0.15) is 44.2 Å². The van der Waals surface area contributed by atoms with Crippen LogP contribution in [0.4, 0.5) is 0 Å². The van der Waals surface area contributed by atoms with E-state index in [1.165, 1.54) is 6.33 Å². The molecule has 1 atom stereocenters. The van der Waals surface area contributed by atoms with Crippen LogP contribution < -0.4 is 0 Å². The predicted molar refractivity (Wildman–Crippen MR) is 102 cm³/mol. The van der Waals surface area contributed by atoms with E-state index in [1.54, 1.807) is 23.4 Å². The van der Waals surface area contributed by atoms with Crippen molar-refractivity contribution in [2.45, 2.75) is 45.2 Å². The third kappa shape index (κ3) is 3.76. The van der Waals surface area contributed by atoms with Crippen molar-refractivity contribution < 1.29 is 9.59 Å². The van der Waals surface area contributed by atoms with Gasteiger partial charge in [-0.25, -0.2) is 9.67 Å². The molecule has 2 amide bonds. The van der Waals surface area contributed by atoms with E-state index in [1.807, 2.05) is 28.9 Å². The van der Waals surface area contributed by atoms with Crippen LogP contribution in [0.15, 0.2) is 37.2 Å². The SMILES string of the molecule is CC(C(=O)N1CCC2(CCC(=O)N(Cc3ccncc3)C2)CC1)n1cncn1. The normalized spacial score (nSPS) is 20.4. The standard InChI is InChI=1S/C20H26N6O2/c1-16(26-15-22-14-23-26)19(28)24-10-6-20(7-11-24)5-2-18(27)25(13-20)12-17-3-8-21-9-4-17/h3-4,8-9,14-16H,2,5-7,10-13H2,1H3. The second-order valence-electron chi connectivity index (χ2n) is 7.98. The molecule has 2 aliphatic rings. The third-order valence-corrected chi connectivity index (χ3v) is 6.20. The average Bonchev–Trinajstić information content (AvgIpc) is 3.26. The van der Waals surface area contributed by atoms with Gasteiger partial charge in [0.25, 0.3) is 0 Å². The number of piperidine rings is 2. The molecule has 4 heterocycles. The topological polar surface area (TPSA) is 84.2 Å². The minimum atomic E-state index is -0.340. The molecule has 28 heavy (non-hydrogen) atoms. The molecule has 2 aromatic heterocycles. The largest absolute Gasteiger partial charge is 0.341 e. The number of carbonyl (C=O) groups is 2. The van der Waals surface area contributed by atoms with Crippen molar-refractivity contribution in [2.24, 2.45) is 5.41 Å². The van der Waals surface area contributed by atoms with E-state index in [-0.39, 0.29) is 23.3 Å². The second-order valence-corrected chi connectivity index (χ2v) is 7.98. The van der Waals surface area contributed by atoms with E-state index in [4.69, 9.17) is 0 Å². The van der Waals surface area contributed by atoms with E-state index in [0.717, 1.165) is 44.5 Å². The summed E-state index contributed by atoms with van der Waals surface area (Å²) in [6.07, 6.45) is 9.93. The van der Waals surface area contributed by atoms with Gasteiger partial charge in [-0.2, -0.15) is 5.10 Å². The van der Waals surface area contributed by atoms with Crippen molar-refractivity contribution in [1.82, 2.24) is 29.5 Å². The fourth-order valence-electron chi connectivity index (χ4n) is 4.36. The Morgan fingerprint density at radius 1 is 1.18 bits per heavy atom. The van der Waals surface area contributed by atoms with Gasteiger partial charge in [0.05, 0.1) is 0 Å². The van der Waals surface area contributed by atoms with Gasteiger partial charge in [-0.15, -0.1) is 0 Å². The number of rotatable bonds is 4. The second kappa shape index (κ2) is 7.69. The zero-order chi connectivity index (χ0) is 19.6. The van der Waals surface area contributed by atoms with Crippen LogP contribution in [0.25, 0.3) is 0 Å². The van der Waals surface area contributed by atoms with Gasteiger partial charge in [0.15, 0.2) is 0 Å². The molecule has 1 unspecified atom stereocenters. The molecule has 148 valence electrons. The van der Waals surface area contributed by atoms with Crippen LogP contribution in [0.5, 0.6) is 0 Å². The van der Waals surface area contributed by atoms with Gasteiger partial charge < -0.3 is 9.80 Å². The summed E-state index contributed by atoms with van der Waals surface area (Å²) in [6.45, 7) is 4.73. The Kier molecular flexibility index (Phi) is 5.11. The monoisotopic (exact) mass is 382 g/mol. The maximum atomic E-state index is 12.8. The molecular formula is C20H26N6O2. The number of hydrogen-bond donors (Lipinski definition) is 0. The fourth-order valence-corrected chi connectivity index (χ4v) is 4.36. The van der Waals surface area contributed by atoms with Crippen LogP contribution in [0, 0.1) is 5.41 Å². The van der Waals surface area contributed by atoms with Crippen LogP contribution >= 0.6 is 0 Å². The van der Waals surface area contributed by atoms with Gasteiger partial charge in [0, 0.05) is 45.0 Å². The lowest BCUT2D eigenvalue weighted by molar-refractivity contribution is -0.144. The Bertz CT molecular complexity index is 814. The molecule has 2 saturated heterocycles. The van der Waals surface area contributed by atoms with Crippen LogP contribution in [-0.2, 0) is 16.1 Å².